The molecule has 0 aliphatic rings. The minimum atomic E-state index is -4.52. The average molecular weight is 312 g/mol. The first-order chi connectivity index (χ1) is 10.1. The van der Waals surface area contributed by atoms with Crippen molar-refractivity contribution in [1.29, 1.82) is 0 Å². The van der Waals surface area contributed by atoms with Gasteiger partial charge in [-0.15, -0.1) is 0 Å². The normalized spacial score (nSPS) is 13.9. The fraction of sp³-hybridized carbons (Fsp3) is 0.353. The third kappa shape index (κ3) is 4.48. The number of hydrogen-bond acceptors (Lipinski definition) is 2. The van der Waals surface area contributed by atoms with E-state index in [0.717, 1.165) is 19.4 Å². The first-order valence-corrected chi connectivity index (χ1v) is 6.72. The molecule has 0 aliphatic heterocycles. The van der Waals surface area contributed by atoms with E-state index >= 15 is 0 Å². The second-order valence-electron chi connectivity index (χ2n) is 5.60. The second-order valence-corrected chi connectivity index (χ2v) is 5.60. The van der Waals surface area contributed by atoms with Gasteiger partial charge in [-0.1, -0.05) is 43.0 Å². The van der Waals surface area contributed by atoms with Gasteiger partial charge in [0.2, 0.25) is 0 Å². The molecule has 0 bridgehead atoms. The van der Waals surface area contributed by atoms with Crippen LogP contribution in [0.3, 0.4) is 0 Å². The molecule has 0 amide bonds. The molecule has 1 atom stereocenters. The molecule has 1 aromatic rings. The predicted molar refractivity (Wildman–Crippen MR) is 80.0 cm³/mol. The molecule has 22 heavy (non-hydrogen) atoms. The molecular formula is C17H19F3O2. The second kappa shape index (κ2) is 6.81. The quantitative estimate of drug-likeness (QED) is 0.578. The van der Waals surface area contributed by atoms with Gasteiger partial charge in [0.15, 0.2) is 0 Å². The summed E-state index contributed by atoms with van der Waals surface area (Å²) in [6, 6.07) is 8.83. The Kier molecular flexibility index (Phi) is 5.58. The van der Waals surface area contributed by atoms with E-state index in [4.69, 9.17) is 4.74 Å². The molecule has 1 aromatic carbocycles. The van der Waals surface area contributed by atoms with Crippen LogP contribution in [-0.2, 0) is 9.53 Å². The van der Waals surface area contributed by atoms with E-state index in [1.807, 2.05) is 0 Å². The summed E-state index contributed by atoms with van der Waals surface area (Å²) in [6.07, 6.45) is -3.21. The number of halogens is 3. The van der Waals surface area contributed by atoms with Crippen LogP contribution >= 0.6 is 0 Å². The van der Waals surface area contributed by atoms with Crippen LogP contribution in [-0.4, -0.2) is 18.2 Å². The molecule has 0 saturated heterocycles. The van der Waals surface area contributed by atoms with Gasteiger partial charge in [0, 0.05) is 5.57 Å². The summed E-state index contributed by atoms with van der Waals surface area (Å²) in [5.41, 5.74) is -1.45. The van der Waals surface area contributed by atoms with Gasteiger partial charge in [-0.2, -0.15) is 13.2 Å². The molecule has 0 N–H and O–H groups in total. The lowest BCUT2D eigenvalue weighted by atomic mass is 9.85. The molecular weight excluding hydrogens is 293 g/mol. The summed E-state index contributed by atoms with van der Waals surface area (Å²) in [5.74, 6) is -0.847. The van der Waals surface area contributed by atoms with Crippen molar-refractivity contribution in [3.05, 3.63) is 54.1 Å². The highest BCUT2D eigenvalue weighted by Crippen LogP contribution is 2.42. The van der Waals surface area contributed by atoms with Crippen molar-refractivity contribution in [3.8, 4) is 0 Å². The summed E-state index contributed by atoms with van der Waals surface area (Å²) >= 11 is 0. The maximum absolute atomic E-state index is 13.2. The largest absolute Gasteiger partial charge is 0.454 e. The Morgan fingerprint density at radius 2 is 1.77 bits per heavy atom. The highest BCUT2D eigenvalue weighted by molar-refractivity contribution is 5.87. The van der Waals surface area contributed by atoms with E-state index in [0.29, 0.717) is 0 Å². The number of benzene rings is 1. The van der Waals surface area contributed by atoms with Gasteiger partial charge in [0.05, 0.1) is 0 Å². The van der Waals surface area contributed by atoms with Gasteiger partial charge in [-0.3, -0.25) is 0 Å². The summed E-state index contributed by atoms with van der Waals surface area (Å²) in [6.45, 7) is 6.78. The van der Waals surface area contributed by atoms with Crippen molar-refractivity contribution >= 4 is 12.0 Å². The Morgan fingerprint density at radius 3 is 2.23 bits per heavy atom. The van der Waals surface area contributed by atoms with Crippen LogP contribution in [0.5, 0.6) is 0 Å². The summed E-state index contributed by atoms with van der Waals surface area (Å²) in [7, 11) is 0. The SMILES string of the molecule is C=C(C)C(=O)OC(/C=C/c1ccccc1)C(C)(C)C(F)(F)F. The van der Waals surface area contributed by atoms with E-state index in [-0.39, 0.29) is 5.57 Å². The topological polar surface area (TPSA) is 26.3 Å². The zero-order valence-corrected chi connectivity index (χ0v) is 12.8. The lowest BCUT2D eigenvalue weighted by Crippen LogP contribution is -2.44. The maximum Gasteiger partial charge on any atom is 0.397 e. The van der Waals surface area contributed by atoms with Crippen molar-refractivity contribution in [1.82, 2.24) is 0 Å². The van der Waals surface area contributed by atoms with Gasteiger partial charge < -0.3 is 4.74 Å². The number of hydrogen-bond donors (Lipinski definition) is 0. The van der Waals surface area contributed by atoms with Crippen LogP contribution in [0.2, 0.25) is 0 Å². The standard InChI is InChI=1S/C17H19F3O2/c1-12(2)15(21)22-14(16(3,4)17(18,19)20)11-10-13-8-6-5-7-9-13/h5-11,14H,1H2,2-4H3/b11-10+. The first-order valence-electron chi connectivity index (χ1n) is 6.72. The van der Waals surface area contributed by atoms with Crippen LogP contribution < -0.4 is 0 Å². The van der Waals surface area contributed by atoms with Crippen molar-refractivity contribution in [2.24, 2.45) is 5.41 Å². The van der Waals surface area contributed by atoms with Crippen molar-refractivity contribution in [2.45, 2.75) is 33.1 Å². The van der Waals surface area contributed by atoms with Crippen molar-refractivity contribution < 1.29 is 22.7 Å². The average Bonchev–Trinajstić information content (AvgIpc) is 2.42. The van der Waals surface area contributed by atoms with E-state index in [1.54, 1.807) is 30.3 Å². The highest BCUT2D eigenvalue weighted by atomic mass is 19.4. The number of rotatable bonds is 5. The van der Waals surface area contributed by atoms with Gasteiger partial charge in [-0.25, -0.2) is 4.79 Å². The molecule has 120 valence electrons. The molecule has 0 spiro atoms. The molecule has 2 nitrogen and oxygen atoms in total. The summed E-state index contributed by atoms with van der Waals surface area (Å²) in [4.78, 5) is 11.6. The number of esters is 1. The van der Waals surface area contributed by atoms with E-state index in [1.165, 1.54) is 19.1 Å². The lowest BCUT2D eigenvalue weighted by Gasteiger charge is -2.33. The van der Waals surface area contributed by atoms with Gasteiger partial charge >= 0.3 is 12.1 Å². The number of carbonyl (C=O) groups excluding carboxylic acids is 1. The van der Waals surface area contributed by atoms with Crippen molar-refractivity contribution in [3.63, 3.8) is 0 Å². The van der Waals surface area contributed by atoms with E-state index in [2.05, 4.69) is 6.58 Å². The Bertz CT molecular complexity index is 557. The highest BCUT2D eigenvalue weighted by Gasteiger charge is 2.53. The molecule has 0 aromatic heterocycles. The first kappa shape index (κ1) is 18.0. The zero-order valence-electron chi connectivity index (χ0n) is 12.8. The van der Waals surface area contributed by atoms with Crippen LogP contribution in [0.1, 0.15) is 26.3 Å². The molecule has 0 saturated carbocycles. The third-order valence-corrected chi connectivity index (χ3v) is 3.29. The third-order valence-electron chi connectivity index (χ3n) is 3.29. The molecule has 5 heteroatoms. The summed E-state index contributed by atoms with van der Waals surface area (Å²) in [5, 5.41) is 0. The Labute approximate surface area is 128 Å². The number of ether oxygens (including phenoxy) is 1. The molecule has 0 heterocycles. The minimum absolute atomic E-state index is 0.0519. The van der Waals surface area contributed by atoms with Gasteiger partial charge in [-0.05, 0) is 32.4 Å². The fourth-order valence-electron chi connectivity index (χ4n) is 1.57. The Hall–Kier alpha value is -2.04. The molecule has 1 unspecified atom stereocenters. The monoisotopic (exact) mass is 312 g/mol. The van der Waals surface area contributed by atoms with Crippen LogP contribution in [0.25, 0.3) is 6.08 Å². The predicted octanol–water partition coefficient (Wildman–Crippen LogP) is 4.78. The van der Waals surface area contributed by atoms with Gasteiger partial charge in [0.25, 0.3) is 0 Å². The number of alkyl halides is 3. The molecule has 1 rings (SSSR count). The van der Waals surface area contributed by atoms with Crippen molar-refractivity contribution in [2.75, 3.05) is 0 Å². The number of carbonyl (C=O) groups is 1. The van der Waals surface area contributed by atoms with E-state index in [9.17, 15) is 18.0 Å². The zero-order chi connectivity index (χ0) is 17.0. The minimum Gasteiger partial charge on any atom is -0.454 e. The van der Waals surface area contributed by atoms with E-state index < -0.39 is 23.7 Å². The lowest BCUT2D eigenvalue weighted by molar-refractivity contribution is -0.238. The maximum atomic E-state index is 13.2. The van der Waals surface area contributed by atoms with Crippen LogP contribution in [0.4, 0.5) is 13.2 Å². The van der Waals surface area contributed by atoms with Crippen LogP contribution in [0.15, 0.2) is 48.6 Å². The smallest absolute Gasteiger partial charge is 0.397 e. The van der Waals surface area contributed by atoms with Gasteiger partial charge in [0.1, 0.15) is 11.5 Å². The van der Waals surface area contributed by atoms with Crippen LogP contribution in [0, 0.1) is 5.41 Å². The Morgan fingerprint density at radius 1 is 1.23 bits per heavy atom. The molecule has 0 fully saturated rings. The Balaban J connectivity index is 3.09. The fourth-order valence-corrected chi connectivity index (χ4v) is 1.57. The molecule has 0 aliphatic carbocycles. The molecule has 0 radical (unpaired) electrons. The summed E-state index contributed by atoms with van der Waals surface area (Å²) < 4.78 is 44.6.